The molecule has 0 aromatic rings. The molecule has 0 saturated heterocycles. The summed E-state index contributed by atoms with van der Waals surface area (Å²) in [6.07, 6.45) is 57.2. The maximum atomic E-state index is 12.2. The summed E-state index contributed by atoms with van der Waals surface area (Å²) in [4.78, 5) is 24.2. The Balaban J connectivity index is 3.71. The first-order chi connectivity index (χ1) is 24.6. The number of ether oxygens (including phenoxy) is 2. The second-order valence-electron chi connectivity index (χ2n) is 12.3. The van der Waals surface area contributed by atoms with Gasteiger partial charge < -0.3 is 14.6 Å². The molecular formula is C45H70O5. The zero-order valence-electron chi connectivity index (χ0n) is 31.6. The molecule has 0 aromatic carbocycles. The van der Waals surface area contributed by atoms with Crippen molar-refractivity contribution >= 4 is 11.9 Å². The lowest BCUT2D eigenvalue weighted by Crippen LogP contribution is -2.28. The number of esters is 2. The highest BCUT2D eigenvalue weighted by Gasteiger charge is 2.16. The second kappa shape index (κ2) is 40.0. The number of hydrogen-bond donors (Lipinski definition) is 1. The molecule has 0 heterocycles. The first-order valence-electron chi connectivity index (χ1n) is 19.5. The number of carbonyl (C=O) groups excluding carboxylic acids is 2. The summed E-state index contributed by atoms with van der Waals surface area (Å²) in [5, 5.41) is 9.54. The molecular weight excluding hydrogens is 620 g/mol. The SMILES string of the molecule is CC/C=C/C=C/C=C/CCCCCCCC(=O)OCC(CO)OC(=O)CCCCCC/C=C/C/C=C/C/C=C/C/C=C/C/C=C/C/C=C/CC. The quantitative estimate of drug-likeness (QED) is 0.0321. The van der Waals surface area contributed by atoms with Gasteiger partial charge in [-0.25, -0.2) is 0 Å². The van der Waals surface area contributed by atoms with Crippen molar-refractivity contribution < 1.29 is 24.2 Å². The van der Waals surface area contributed by atoms with Gasteiger partial charge in [-0.1, -0.05) is 155 Å². The first kappa shape index (κ1) is 46.6. The molecule has 280 valence electrons. The van der Waals surface area contributed by atoms with Crippen LogP contribution in [-0.4, -0.2) is 36.4 Å². The van der Waals surface area contributed by atoms with E-state index in [2.05, 4.69) is 117 Å². The lowest BCUT2D eigenvalue weighted by Gasteiger charge is -2.15. The summed E-state index contributed by atoms with van der Waals surface area (Å²) in [6.45, 7) is 3.82. The molecule has 1 N–H and O–H groups in total. The molecule has 5 nitrogen and oxygen atoms in total. The molecule has 0 saturated carbocycles. The molecule has 1 atom stereocenters. The zero-order valence-corrected chi connectivity index (χ0v) is 31.6. The van der Waals surface area contributed by atoms with E-state index < -0.39 is 6.10 Å². The first-order valence-corrected chi connectivity index (χ1v) is 19.5. The van der Waals surface area contributed by atoms with Crippen molar-refractivity contribution in [2.24, 2.45) is 0 Å². The molecule has 0 amide bonds. The van der Waals surface area contributed by atoms with Crippen LogP contribution >= 0.6 is 0 Å². The van der Waals surface area contributed by atoms with Gasteiger partial charge in [0, 0.05) is 12.8 Å². The van der Waals surface area contributed by atoms with Crippen LogP contribution in [0.4, 0.5) is 0 Å². The van der Waals surface area contributed by atoms with E-state index in [9.17, 15) is 14.7 Å². The summed E-state index contributed by atoms with van der Waals surface area (Å²) in [6, 6.07) is 0. The second-order valence-corrected chi connectivity index (χ2v) is 12.3. The fraction of sp³-hybridized carbons (Fsp3) is 0.556. The summed E-state index contributed by atoms with van der Waals surface area (Å²) < 4.78 is 10.6. The number of aliphatic hydroxyl groups is 1. The van der Waals surface area contributed by atoms with Crippen molar-refractivity contribution in [2.45, 2.75) is 148 Å². The summed E-state index contributed by atoms with van der Waals surface area (Å²) in [7, 11) is 0. The van der Waals surface area contributed by atoms with Crippen LogP contribution in [0.2, 0.25) is 0 Å². The number of rotatable bonds is 33. The van der Waals surface area contributed by atoms with Gasteiger partial charge in [0.15, 0.2) is 6.10 Å². The number of carbonyl (C=O) groups is 2. The van der Waals surface area contributed by atoms with Gasteiger partial charge in [-0.2, -0.15) is 0 Å². The topological polar surface area (TPSA) is 72.8 Å². The van der Waals surface area contributed by atoms with E-state index >= 15 is 0 Å². The van der Waals surface area contributed by atoms with Gasteiger partial charge in [0.05, 0.1) is 6.61 Å². The highest BCUT2D eigenvalue weighted by Crippen LogP contribution is 2.10. The zero-order chi connectivity index (χ0) is 36.4. The molecule has 0 rings (SSSR count). The Morgan fingerprint density at radius 2 is 0.900 bits per heavy atom. The maximum Gasteiger partial charge on any atom is 0.306 e. The molecule has 5 heteroatoms. The van der Waals surface area contributed by atoms with E-state index in [1.54, 1.807) is 0 Å². The summed E-state index contributed by atoms with van der Waals surface area (Å²) in [5.74, 6) is -0.658. The Hall–Kier alpha value is -3.44. The van der Waals surface area contributed by atoms with Crippen LogP contribution in [0.3, 0.4) is 0 Å². The Bertz CT molecular complexity index is 1050. The van der Waals surface area contributed by atoms with E-state index in [0.717, 1.165) is 116 Å². The maximum absolute atomic E-state index is 12.2. The smallest absolute Gasteiger partial charge is 0.306 e. The van der Waals surface area contributed by atoms with Crippen molar-refractivity contribution in [3.63, 3.8) is 0 Å². The normalized spacial score (nSPS) is 13.4. The molecule has 0 aliphatic carbocycles. The van der Waals surface area contributed by atoms with Crippen LogP contribution < -0.4 is 0 Å². The van der Waals surface area contributed by atoms with Crippen LogP contribution in [-0.2, 0) is 19.1 Å². The van der Waals surface area contributed by atoms with Crippen molar-refractivity contribution in [3.8, 4) is 0 Å². The molecule has 0 aromatic heterocycles. The third kappa shape index (κ3) is 37.4. The molecule has 50 heavy (non-hydrogen) atoms. The summed E-state index contributed by atoms with van der Waals surface area (Å²) >= 11 is 0. The van der Waals surface area contributed by atoms with E-state index in [4.69, 9.17) is 9.47 Å². The number of aliphatic hydroxyl groups excluding tert-OH is 1. The fourth-order valence-corrected chi connectivity index (χ4v) is 4.73. The van der Waals surface area contributed by atoms with E-state index in [1.165, 1.54) is 0 Å². The minimum Gasteiger partial charge on any atom is -0.462 e. The molecule has 0 spiro atoms. The van der Waals surface area contributed by atoms with Crippen LogP contribution in [0.15, 0.2) is 109 Å². The molecule has 0 aliphatic rings. The van der Waals surface area contributed by atoms with Crippen molar-refractivity contribution in [3.05, 3.63) is 109 Å². The lowest BCUT2D eigenvalue weighted by molar-refractivity contribution is -0.161. The van der Waals surface area contributed by atoms with Gasteiger partial charge in [-0.05, 0) is 83.5 Å². The van der Waals surface area contributed by atoms with Crippen molar-refractivity contribution in [2.75, 3.05) is 13.2 Å². The number of unbranched alkanes of at least 4 members (excludes halogenated alkanes) is 9. The highest BCUT2D eigenvalue weighted by molar-refractivity contribution is 5.70. The minimum absolute atomic E-state index is 0.0952. The Kier molecular flexibility index (Phi) is 37.2. The molecule has 0 aliphatic heterocycles. The van der Waals surface area contributed by atoms with Crippen LogP contribution in [0, 0.1) is 0 Å². The van der Waals surface area contributed by atoms with Gasteiger partial charge in [-0.15, -0.1) is 0 Å². The Morgan fingerprint density at radius 3 is 1.42 bits per heavy atom. The highest BCUT2D eigenvalue weighted by atomic mass is 16.6. The predicted octanol–water partition coefficient (Wildman–Crippen LogP) is 12.3. The van der Waals surface area contributed by atoms with Gasteiger partial charge >= 0.3 is 11.9 Å². The minimum atomic E-state index is -0.801. The van der Waals surface area contributed by atoms with Gasteiger partial charge in [0.2, 0.25) is 0 Å². The van der Waals surface area contributed by atoms with Crippen LogP contribution in [0.25, 0.3) is 0 Å². The third-order valence-corrected chi connectivity index (χ3v) is 7.62. The van der Waals surface area contributed by atoms with Crippen LogP contribution in [0.1, 0.15) is 142 Å². The predicted molar refractivity (Wildman–Crippen MR) is 214 cm³/mol. The molecule has 1 unspecified atom stereocenters. The van der Waals surface area contributed by atoms with Gasteiger partial charge in [0.1, 0.15) is 6.61 Å². The van der Waals surface area contributed by atoms with Crippen LogP contribution in [0.5, 0.6) is 0 Å². The van der Waals surface area contributed by atoms with Gasteiger partial charge in [-0.3, -0.25) is 9.59 Å². The molecule has 0 radical (unpaired) electrons. The van der Waals surface area contributed by atoms with Crippen molar-refractivity contribution in [1.82, 2.24) is 0 Å². The Labute approximate surface area is 306 Å². The monoisotopic (exact) mass is 691 g/mol. The lowest BCUT2D eigenvalue weighted by atomic mass is 10.1. The largest absolute Gasteiger partial charge is 0.462 e. The molecule has 0 fully saturated rings. The number of allylic oxidation sites excluding steroid dienone is 18. The average Bonchev–Trinajstić information content (AvgIpc) is 3.12. The standard InChI is InChI=1S/C45H70O5/c1-3-5-7-9-11-13-15-17-18-19-20-21-22-23-24-25-26-28-30-32-34-36-38-40-45(48)50-43(41-46)42-49-44(47)39-37-35-33-31-29-27-16-14-12-10-8-6-4-2/h5-8,10-14,16-18,20-21,23-24,26,28,43,46H,3-4,9,15,19,22,25,27,29-42H2,1-2H3/b7-5+,8-6+,12-10+,13-11+,16-14+,18-17+,21-20+,24-23+,28-26+. The van der Waals surface area contributed by atoms with E-state index in [0.29, 0.717) is 12.8 Å². The molecule has 0 bridgehead atoms. The summed E-state index contributed by atoms with van der Waals surface area (Å²) in [5.41, 5.74) is 0. The van der Waals surface area contributed by atoms with Gasteiger partial charge in [0.25, 0.3) is 0 Å². The fourth-order valence-electron chi connectivity index (χ4n) is 4.73. The third-order valence-electron chi connectivity index (χ3n) is 7.62. The Morgan fingerprint density at radius 1 is 0.480 bits per heavy atom. The number of hydrogen-bond acceptors (Lipinski definition) is 5. The van der Waals surface area contributed by atoms with E-state index in [-0.39, 0.29) is 25.2 Å². The van der Waals surface area contributed by atoms with Crippen molar-refractivity contribution in [1.29, 1.82) is 0 Å². The average molecular weight is 691 g/mol. The van der Waals surface area contributed by atoms with E-state index in [1.807, 2.05) is 6.08 Å².